The van der Waals surface area contributed by atoms with Crippen LogP contribution in [0.1, 0.15) is 12.5 Å². The van der Waals surface area contributed by atoms with E-state index in [4.69, 9.17) is 10.5 Å². The molecule has 66 valence electrons. The maximum atomic E-state index is 5.60. The Morgan fingerprint density at radius 2 is 2.42 bits per heavy atom. The molecule has 1 aromatic rings. The molecule has 1 unspecified atom stereocenters. The maximum Gasteiger partial charge on any atom is 0.104 e. The van der Waals surface area contributed by atoms with Crippen molar-refractivity contribution in [2.24, 2.45) is 5.73 Å². The first kappa shape index (κ1) is 9.16. The first-order valence-electron chi connectivity index (χ1n) is 3.88. The Morgan fingerprint density at radius 1 is 1.67 bits per heavy atom. The average Bonchev–Trinajstić information content (AvgIpc) is 2.18. The molecule has 0 fully saturated rings. The number of pyridine rings is 1. The summed E-state index contributed by atoms with van der Waals surface area (Å²) < 4.78 is 5.31. The summed E-state index contributed by atoms with van der Waals surface area (Å²) in [5.41, 5.74) is 6.20. The second kappa shape index (κ2) is 3.65. The lowest BCUT2D eigenvalue weighted by molar-refractivity contribution is 0.00980. The Kier molecular flexibility index (Phi) is 2.78. The van der Waals surface area contributed by atoms with Crippen LogP contribution in [0.5, 0.6) is 0 Å². The smallest absolute Gasteiger partial charge is 0.104 e. The van der Waals surface area contributed by atoms with Crippen molar-refractivity contribution in [3.8, 4) is 0 Å². The molecule has 1 heterocycles. The van der Waals surface area contributed by atoms with Crippen molar-refractivity contribution in [3.63, 3.8) is 0 Å². The summed E-state index contributed by atoms with van der Waals surface area (Å²) in [7, 11) is 1.65. The molecular weight excluding hydrogens is 152 g/mol. The first-order chi connectivity index (χ1) is 5.73. The van der Waals surface area contributed by atoms with Gasteiger partial charge in [-0.3, -0.25) is 4.98 Å². The Bertz CT molecular complexity index is 232. The number of hydrogen-bond donors (Lipinski definition) is 1. The lowest BCUT2D eigenvalue weighted by atomic mass is 9.98. The molecule has 1 atom stereocenters. The predicted molar refractivity (Wildman–Crippen MR) is 47.7 cm³/mol. The fourth-order valence-electron chi connectivity index (χ4n) is 0.995. The number of aromatic nitrogens is 1. The molecule has 0 saturated heterocycles. The van der Waals surface area contributed by atoms with Crippen molar-refractivity contribution < 1.29 is 4.74 Å². The van der Waals surface area contributed by atoms with E-state index in [9.17, 15) is 0 Å². The van der Waals surface area contributed by atoms with E-state index in [0.717, 1.165) is 5.56 Å². The third kappa shape index (κ3) is 1.62. The summed E-state index contributed by atoms with van der Waals surface area (Å²) in [4.78, 5) is 4.01. The van der Waals surface area contributed by atoms with E-state index in [1.807, 2.05) is 19.1 Å². The SMILES string of the molecule is COC(C)(CN)c1cccnc1. The maximum absolute atomic E-state index is 5.60. The Morgan fingerprint density at radius 3 is 2.83 bits per heavy atom. The molecule has 0 aliphatic heterocycles. The Hall–Kier alpha value is -0.930. The number of hydrogen-bond acceptors (Lipinski definition) is 3. The molecule has 0 saturated carbocycles. The van der Waals surface area contributed by atoms with Crippen LogP contribution in [-0.4, -0.2) is 18.6 Å². The monoisotopic (exact) mass is 166 g/mol. The third-order valence-electron chi connectivity index (χ3n) is 2.11. The highest BCUT2D eigenvalue weighted by molar-refractivity contribution is 5.17. The molecule has 0 amide bonds. The van der Waals surface area contributed by atoms with E-state index in [-0.39, 0.29) is 0 Å². The molecule has 3 heteroatoms. The zero-order valence-corrected chi connectivity index (χ0v) is 7.45. The second-order valence-electron chi connectivity index (χ2n) is 2.88. The van der Waals surface area contributed by atoms with Gasteiger partial charge in [0.2, 0.25) is 0 Å². The second-order valence-corrected chi connectivity index (χ2v) is 2.88. The normalized spacial score (nSPS) is 15.6. The highest BCUT2D eigenvalue weighted by Gasteiger charge is 2.23. The highest BCUT2D eigenvalue weighted by atomic mass is 16.5. The van der Waals surface area contributed by atoms with Gasteiger partial charge in [-0.25, -0.2) is 0 Å². The highest BCUT2D eigenvalue weighted by Crippen LogP contribution is 2.21. The van der Waals surface area contributed by atoms with Gasteiger partial charge in [0.05, 0.1) is 0 Å². The van der Waals surface area contributed by atoms with Gasteiger partial charge in [0.1, 0.15) is 5.60 Å². The van der Waals surface area contributed by atoms with E-state index < -0.39 is 5.60 Å². The van der Waals surface area contributed by atoms with Gasteiger partial charge in [-0.05, 0) is 13.0 Å². The summed E-state index contributed by atoms with van der Waals surface area (Å²) in [5, 5.41) is 0. The van der Waals surface area contributed by atoms with Gasteiger partial charge in [-0.15, -0.1) is 0 Å². The number of ether oxygens (including phenoxy) is 1. The topological polar surface area (TPSA) is 48.1 Å². The molecule has 2 N–H and O–H groups in total. The number of nitrogens with two attached hydrogens (primary N) is 1. The van der Waals surface area contributed by atoms with Crippen LogP contribution in [0.2, 0.25) is 0 Å². The molecule has 1 rings (SSSR count). The van der Waals surface area contributed by atoms with Gasteiger partial charge in [-0.2, -0.15) is 0 Å². The quantitative estimate of drug-likeness (QED) is 0.725. The fraction of sp³-hybridized carbons (Fsp3) is 0.444. The van der Waals surface area contributed by atoms with E-state index >= 15 is 0 Å². The molecular formula is C9H14N2O. The van der Waals surface area contributed by atoms with Gasteiger partial charge < -0.3 is 10.5 Å². The van der Waals surface area contributed by atoms with Crippen LogP contribution in [-0.2, 0) is 10.3 Å². The largest absolute Gasteiger partial charge is 0.372 e. The zero-order valence-electron chi connectivity index (χ0n) is 7.45. The number of methoxy groups -OCH3 is 1. The standard InChI is InChI=1S/C9H14N2O/c1-9(7-10,12-2)8-4-3-5-11-6-8/h3-6H,7,10H2,1-2H3. The van der Waals surface area contributed by atoms with Crippen LogP contribution in [0.25, 0.3) is 0 Å². The number of rotatable bonds is 3. The summed E-state index contributed by atoms with van der Waals surface area (Å²) in [5.74, 6) is 0. The zero-order chi connectivity index (χ0) is 9.03. The number of nitrogens with zero attached hydrogens (tertiary/aromatic N) is 1. The van der Waals surface area contributed by atoms with Gasteiger partial charge in [0.25, 0.3) is 0 Å². The molecule has 0 spiro atoms. The lowest BCUT2D eigenvalue weighted by Gasteiger charge is -2.26. The van der Waals surface area contributed by atoms with Crippen LogP contribution >= 0.6 is 0 Å². The summed E-state index contributed by atoms with van der Waals surface area (Å²) in [6.45, 7) is 2.40. The average molecular weight is 166 g/mol. The van der Waals surface area contributed by atoms with E-state index in [2.05, 4.69) is 4.98 Å². The van der Waals surface area contributed by atoms with Crippen molar-refractivity contribution in [3.05, 3.63) is 30.1 Å². The molecule has 0 aromatic carbocycles. The molecule has 0 bridgehead atoms. The van der Waals surface area contributed by atoms with Crippen LogP contribution in [0.3, 0.4) is 0 Å². The summed E-state index contributed by atoms with van der Waals surface area (Å²) in [6, 6.07) is 3.84. The van der Waals surface area contributed by atoms with Gasteiger partial charge >= 0.3 is 0 Å². The first-order valence-corrected chi connectivity index (χ1v) is 3.88. The van der Waals surface area contributed by atoms with Crippen LogP contribution < -0.4 is 5.73 Å². The molecule has 12 heavy (non-hydrogen) atoms. The van der Waals surface area contributed by atoms with Crippen molar-refractivity contribution in [1.82, 2.24) is 4.98 Å². The molecule has 0 radical (unpaired) electrons. The predicted octanol–water partition coefficient (Wildman–Crippen LogP) is 0.902. The van der Waals surface area contributed by atoms with Gasteiger partial charge in [0.15, 0.2) is 0 Å². The molecule has 3 nitrogen and oxygen atoms in total. The van der Waals surface area contributed by atoms with E-state index in [1.54, 1.807) is 19.5 Å². The van der Waals surface area contributed by atoms with Crippen LogP contribution in [0, 0.1) is 0 Å². The fourth-order valence-corrected chi connectivity index (χ4v) is 0.995. The van der Waals surface area contributed by atoms with Crippen molar-refractivity contribution in [2.75, 3.05) is 13.7 Å². The van der Waals surface area contributed by atoms with Gasteiger partial charge in [-0.1, -0.05) is 6.07 Å². The summed E-state index contributed by atoms with van der Waals surface area (Å²) >= 11 is 0. The third-order valence-corrected chi connectivity index (χ3v) is 2.11. The van der Waals surface area contributed by atoms with Crippen LogP contribution in [0.15, 0.2) is 24.5 Å². The molecule has 0 aliphatic rings. The van der Waals surface area contributed by atoms with E-state index in [1.165, 1.54) is 0 Å². The van der Waals surface area contributed by atoms with Gasteiger partial charge in [0, 0.05) is 31.6 Å². The van der Waals surface area contributed by atoms with Crippen molar-refractivity contribution in [2.45, 2.75) is 12.5 Å². The van der Waals surface area contributed by atoms with Crippen LogP contribution in [0.4, 0.5) is 0 Å². The lowest BCUT2D eigenvalue weighted by Crippen LogP contribution is -2.33. The summed E-state index contributed by atoms with van der Waals surface area (Å²) in [6.07, 6.45) is 3.51. The minimum absolute atomic E-state index is 0.408. The van der Waals surface area contributed by atoms with Crippen molar-refractivity contribution in [1.29, 1.82) is 0 Å². The van der Waals surface area contributed by atoms with Crippen molar-refractivity contribution >= 4 is 0 Å². The Balaban J connectivity index is 2.95. The Labute approximate surface area is 72.6 Å². The molecule has 1 aromatic heterocycles. The van der Waals surface area contributed by atoms with E-state index in [0.29, 0.717) is 6.54 Å². The minimum atomic E-state index is -0.408. The molecule has 0 aliphatic carbocycles. The minimum Gasteiger partial charge on any atom is -0.372 e.